The maximum Gasteiger partial charge on any atom is 0.0180 e. The van der Waals surface area contributed by atoms with Gasteiger partial charge in [-0.2, -0.15) is 0 Å². The Morgan fingerprint density at radius 2 is 1.38 bits per heavy atom. The summed E-state index contributed by atoms with van der Waals surface area (Å²) in [5, 5.41) is 0. The van der Waals surface area contributed by atoms with Crippen LogP contribution >= 0.6 is 0 Å². The quantitative estimate of drug-likeness (QED) is 0.552. The van der Waals surface area contributed by atoms with Crippen molar-refractivity contribution >= 4 is 0 Å². The van der Waals surface area contributed by atoms with Crippen molar-refractivity contribution in [3.8, 4) is 0 Å². The molecule has 1 rings (SSSR count). The summed E-state index contributed by atoms with van der Waals surface area (Å²) in [6.07, 6.45) is 4.47. The van der Waals surface area contributed by atoms with E-state index in [1.54, 1.807) is 0 Å². The van der Waals surface area contributed by atoms with E-state index in [1.807, 2.05) is 27.7 Å². The average Bonchev–Trinajstić information content (AvgIpc) is 2.56. The van der Waals surface area contributed by atoms with Crippen LogP contribution in [-0.2, 0) is 13.0 Å². The van der Waals surface area contributed by atoms with Crippen molar-refractivity contribution < 1.29 is 0 Å². The van der Waals surface area contributed by atoms with Crippen LogP contribution in [0.2, 0.25) is 0 Å². The molecule has 0 bridgehead atoms. The largest absolute Gasteiger partial charge is 0.326 e. The van der Waals surface area contributed by atoms with E-state index in [2.05, 4.69) is 65.5 Å². The van der Waals surface area contributed by atoms with E-state index in [4.69, 9.17) is 5.73 Å². The topological polar surface area (TPSA) is 26.0 Å². The van der Waals surface area contributed by atoms with Crippen LogP contribution in [0.5, 0.6) is 0 Å². The highest BCUT2D eigenvalue weighted by molar-refractivity contribution is 5.27. The van der Waals surface area contributed by atoms with E-state index in [1.165, 1.54) is 23.1 Å². The first-order valence-corrected chi connectivity index (χ1v) is 9.77. The number of allylic oxidation sites excluding steroid dienone is 1. The average molecular weight is 336 g/mol. The highest BCUT2D eigenvalue weighted by Gasteiger charge is 2.12. The van der Waals surface area contributed by atoms with Crippen LogP contribution < -0.4 is 5.73 Å². The third kappa shape index (κ3) is 17.3. The van der Waals surface area contributed by atoms with Crippen LogP contribution in [0, 0.1) is 5.41 Å². The highest BCUT2D eigenvalue weighted by Crippen LogP contribution is 2.25. The molecule has 0 aliphatic rings. The van der Waals surface area contributed by atoms with Crippen LogP contribution in [0.25, 0.3) is 0 Å². The second-order valence-corrected chi connectivity index (χ2v) is 6.67. The smallest absolute Gasteiger partial charge is 0.0180 e. The van der Waals surface area contributed by atoms with Crippen molar-refractivity contribution in [3.05, 3.63) is 47.5 Å². The Morgan fingerprint density at radius 1 is 0.958 bits per heavy atom. The molecule has 1 aromatic rings. The lowest BCUT2D eigenvalue weighted by Crippen LogP contribution is -2.07. The fourth-order valence-electron chi connectivity index (χ4n) is 2.15. The summed E-state index contributed by atoms with van der Waals surface area (Å²) >= 11 is 0. The molecule has 0 heterocycles. The molecule has 2 N–H and O–H groups in total. The first-order chi connectivity index (χ1) is 11.3. The maximum absolute atomic E-state index is 5.74. The number of hydrogen-bond donors (Lipinski definition) is 1. The van der Waals surface area contributed by atoms with Gasteiger partial charge < -0.3 is 5.73 Å². The summed E-state index contributed by atoms with van der Waals surface area (Å²) in [6.45, 7) is 23.8. The first-order valence-electron chi connectivity index (χ1n) is 9.77. The molecule has 0 spiro atoms. The van der Waals surface area contributed by atoms with E-state index < -0.39 is 0 Å². The van der Waals surface area contributed by atoms with Crippen LogP contribution in [-0.4, -0.2) is 0 Å². The van der Waals surface area contributed by atoms with Gasteiger partial charge in [0.25, 0.3) is 0 Å². The fraction of sp³-hybridized carbons (Fsp3) is 0.652. The predicted molar refractivity (Wildman–Crippen MR) is 115 cm³/mol. The van der Waals surface area contributed by atoms with Crippen molar-refractivity contribution in [2.45, 2.75) is 94.5 Å². The second kappa shape index (κ2) is 18.3. The predicted octanol–water partition coefficient (Wildman–Crippen LogP) is 7.54. The SMILES string of the molecule is C=C(CCc1ccccc1CN)CC(C)(C)C.CC.CC.CCC. The van der Waals surface area contributed by atoms with Crippen LogP contribution in [0.3, 0.4) is 0 Å². The number of aryl methyl sites for hydroxylation is 1. The number of nitrogens with two attached hydrogens (primary N) is 1. The van der Waals surface area contributed by atoms with Crippen LogP contribution in [0.15, 0.2) is 36.4 Å². The lowest BCUT2D eigenvalue weighted by molar-refractivity contribution is 0.404. The fourth-order valence-corrected chi connectivity index (χ4v) is 2.15. The molecule has 0 amide bonds. The molecular formula is C23H45N. The molecule has 0 atom stereocenters. The second-order valence-electron chi connectivity index (χ2n) is 6.67. The Hall–Kier alpha value is -1.08. The molecule has 0 aliphatic carbocycles. The summed E-state index contributed by atoms with van der Waals surface area (Å²) in [5.74, 6) is 0. The summed E-state index contributed by atoms with van der Waals surface area (Å²) in [5.41, 5.74) is 10.0. The molecule has 24 heavy (non-hydrogen) atoms. The van der Waals surface area contributed by atoms with Crippen molar-refractivity contribution in [3.63, 3.8) is 0 Å². The molecule has 1 aromatic carbocycles. The minimum atomic E-state index is 0.338. The van der Waals surface area contributed by atoms with Crippen molar-refractivity contribution in [2.24, 2.45) is 11.1 Å². The summed E-state index contributed by atoms with van der Waals surface area (Å²) in [6, 6.07) is 8.42. The Bertz CT molecular complexity index is 385. The van der Waals surface area contributed by atoms with E-state index in [0.29, 0.717) is 12.0 Å². The Balaban J connectivity index is -0.000000549. The van der Waals surface area contributed by atoms with Crippen molar-refractivity contribution in [1.82, 2.24) is 0 Å². The standard InChI is InChI=1S/C16H25N.C3H8.2C2H6/c1-13(11-16(2,3)4)9-10-14-7-5-6-8-15(14)12-17;1-3-2;2*1-2/h5-8H,1,9-12,17H2,2-4H3;3H2,1-2H3;2*1-2H3. The molecule has 0 aromatic heterocycles. The van der Waals surface area contributed by atoms with Gasteiger partial charge in [-0.15, -0.1) is 0 Å². The number of benzene rings is 1. The van der Waals surface area contributed by atoms with Crippen molar-refractivity contribution in [2.75, 3.05) is 0 Å². The zero-order chi connectivity index (χ0) is 19.6. The van der Waals surface area contributed by atoms with Gasteiger partial charge in [-0.25, -0.2) is 0 Å². The molecule has 0 aliphatic heterocycles. The molecule has 0 fully saturated rings. The third-order valence-corrected chi connectivity index (χ3v) is 2.87. The number of hydrogen-bond acceptors (Lipinski definition) is 1. The zero-order valence-electron chi connectivity index (χ0n) is 18.1. The van der Waals surface area contributed by atoms with E-state index >= 15 is 0 Å². The minimum Gasteiger partial charge on any atom is -0.326 e. The monoisotopic (exact) mass is 335 g/mol. The Morgan fingerprint density at radius 3 is 1.75 bits per heavy atom. The van der Waals surface area contributed by atoms with Gasteiger partial charge in [0.2, 0.25) is 0 Å². The molecule has 0 saturated heterocycles. The molecule has 0 radical (unpaired) electrons. The Labute approximate surface area is 153 Å². The van der Waals surface area contributed by atoms with Gasteiger partial charge in [0.15, 0.2) is 0 Å². The van der Waals surface area contributed by atoms with Gasteiger partial charge in [-0.05, 0) is 35.8 Å². The highest BCUT2D eigenvalue weighted by atomic mass is 14.5. The van der Waals surface area contributed by atoms with Crippen LogP contribution in [0.1, 0.15) is 92.7 Å². The van der Waals surface area contributed by atoms with E-state index in [0.717, 1.165) is 19.3 Å². The minimum absolute atomic E-state index is 0.338. The van der Waals surface area contributed by atoms with Gasteiger partial charge in [-0.1, -0.05) is 105 Å². The molecular weight excluding hydrogens is 290 g/mol. The summed E-state index contributed by atoms with van der Waals surface area (Å²) in [4.78, 5) is 0. The molecule has 1 heteroatoms. The van der Waals surface area contributed by atoms with Gasteiger partial charge in [0, 0.05) is 6.54 Å². The van der Waals surface area contributed by atoms with Crippen molar-refractivity contribution in [1.29, 1.82) is 0 Å². The molecule has 0 saturated carbocycles. The third-order valence-electron chi connectivity index (χ3n) is 2.87. The first kappa shape index (κ1) is 27.8. The van der Waals surface area contributed by atoms with Gasteiger partial charge in [-0.3, -0.25) is 0 Å². The Kier molecular flexibility index (Phi) is 21.1. The van der Waals surface area contributed by atoms with Crippen LogP contribution in [0.4, 0.5) is 0 Å². The molecule has 1 nitrogen and oxygen atoms in total. The van der Waals surface area contributed by atoms with E-state index in [-0.39, 0.29) is 0 Å². The lowest BCUT2D eigenvalue weighted by Gasteiger charge is -2.20. The molecule has 142 valence electrons. The van der Waals surface area contributed by atoms with Gasteiger partial charge in [0.1, 0.15) is 0 Å². The van der Waals surface area contributed by atoms with Gasteiger partial charge >= 0.3 is 0 Å². The zero-order valence-corrected chi connectivity index (χ0v) is 18.1. The lowest BCUT2D eigenvalue weighted by atomic mass is 9.86. The molecule has 0 unspecified atom stereocenters. The normalized spacial score (nSPS) is 9.42. The summed E-state index contributed by atoms with van der Waals surface area (Å²) in [7, 11) is 0. The van der Waals surface area contributed by atoms with E-state index in [9.17, 15) is 0 Å². The summed E-state index contributed by atoms with van der Waals surface area (Å²) < 4.78 is 0. The van der Waals surface area contributed by atoms with Gasteiger partial charge in [0.05, 0.1) is 0 Å². The number of rotatable bonds is 5. The maximum atomic E-state index is 5.74.